The van der Waals surface area contributed by atoms with Gasteiger partial charge in [-0.1, -0.05) is 0 Å². The van der Waals surface area contributed by atoms with E-state index in [9.17, 15) is 19.8 Å². The van der Waals surface area contributed by atoms with Crippen molar-refractivity contribution in [2.75, 3.05) is 13.2 Å². The van der Waals surface area contributed by atoms with Gasteiger partial charge >= 0.3 is 0 Å². The molecule has 0 bridgehead atoms. The van der Waals surface area contributed by atoms with E-state index in [1.165, 1.54) is 13.8 Å². The molecule has 0 radical (unpaired) electrons. The summed E-state index contributed by atoms with van der Waals surface area (Å²) < 4.78 is 11.5. The minimum absolute atomic E-state index is 0.0600. The number of aromatic amines is 2. The molecule has 2 aromatic heterocycles. The van der Waals surface area contributed by atoms with Gasteiger partial charge in [0.25, 0.3) is 0 Å². The Bertz CT molecular complexity index is 1030. The van der Waals surface area contributed by atoms with Gasteiger partial charge in [-0.05, 0) is 52.0 Å². The molecule has 0 saturated carbocycles. The summed E-state index contributed by atoms with van der Waals surface area (Å²) in [5.74, 6) is -0.120. The Morgan fingerprint density at radius 1 is 0.882 bits per heavy atom. The molecule has 2 aliphatic rings. The lowest BCUT2D eigenvalue weighted by atomic mass is 10.1. The highest BCUT2D eigenvalue weighted by Crippen LogP contribution is 2.32. The van der Waals surface area contributed by atoms with E-state index in [2.05, 4.69) is 20.6 Å². The normalized spacial score (nSPS) is 28.8. The summed E-state index contributed by atoms with van der Waals surface area (Å²) in [4.78, 5) is 29.7. The number of aromatic nitrogens is 2. The molecule has 0 unspecified atom stereocenters. The second-order valence-corrected chi connectivity index (χ2v) is 9.37. The monoisotopic (exact) mass is 490 g/mol. The number of carbonyl (C=O) groups is 2. The first-order valence-electron chi connectivity index (χ1n) is 11.1. The van der Waals surface area contributed by atoms with Crippen LogP contribution in [-0.2, 0) is 9.47 Å². The molecule has 2 fully saturated rings. The largest absolute Gasteiger partial charge is 0.388 e. The first-order chi connectivity index (χ1) is 16.1. The van der Waals surface area contributed by atoms with Crippen molar-refractivity contribution < 1.29 is 29.3 Å². The number of thiocarbonyl (C=S) groups is 1. The van der Waals surface area contributed by atoms with Crippen LogP contribution in [-0.4, -0.2) is 74.4 Å². The third-order valence-corrected chi connectivity index (χ3v) is 6.67. The molecule has 4 rings (SSSR count). The Labute approximate surface area is 202 Å². The fraction of sp³-hybridized carbons (Fsp3) is 0.522. The number of carbonyl (C=O) groups excluding carboxylic acids is 2. The summed E-state index contributed by atoms with van der Waals surface area (Å²) >= 11 is 5.40. The molecule has 2 saturated heterocycles. The second-order valence-electron chi connectivity index (χ2n) is 8.96. The lowest BCUT2D eigenvalue weighted by Gasteiger charge is -2.23. The molecule has 0 aromatic carbocycles. The van der Waals surface area contributed by atoms with Crippen LogP contribution in [0.25, 0.3) is 0 Å². The Hall–Kier alpha value is -2.57. The lowest BCUT2D eigenvalue weighted by Crippen LogP contribution is -2.52. The summed E-state index contributed by atoms with van der Waals surface area (Å²) in [6.07, 6.45) is -3.05. The molecular weight excluding hydrogens is 460 g/mol. The van der Waals surface area contributed by atoms with Crippen LogP contribution in [0.3, 0.4) is 0 Å². The van der Waals surface area contributed by atoms with Crippen molar-refractivity contribution in [3.8, 4) is 0 Å². The molecule has 10 nitrogen and oxygen atoms in total. The van der Waals surface area contributed by atoms with Crippen molar-refractivity contribution in [2.45, 2.75) is 64.2 Å². The van der Waals surface area contributed by atoms with Gasteiger partial charge in [-0.25, -0.2) is 0 Å². The summed E-state index contributed by atoms with van der Waals surface area (Å²) in [5, 5.41) is 27.9. The Morgan fingerprint density at radius 2 is 1.26 bits per heavy atom. The van der Waals surface area contributed by atoms with Crippen LogP contribution in [0.1, 0.15) is 69.5 Å². The highest BCUT2D eigenvalue weighted by atomic mass is 32.1. The maximum atomic E-state index is 11.7. The van der Waals surface area contributed by atoms with Gasteiger partial charge in [0.05, 0.1) is 25.3 Å². The standard InChI is InChI=1S/C23H30N4O6S/c1-9-13(11(3)28)5-15(24-9)21-19(30)17(7-32-21)26-23(34)27-18-8-33-22(20(18)31)16-6-14(12(4)29)10(2)25-16/h5-6,17-22,24-25,30-31H,7-8H2,1-4H3,(H2,26,27,34)/t17-,18-,19+,20+,21-,22-/m0/s1. The SMILES string of the molecule is CC(=O)c1cc([C@@H]2OC[C@H](NC(=S)N[C@H]3CO[C@@H](c4cc(C(C)=O)c(C)[nH]4)[C@@H]3O)[C@H]2O)[nH]c1C. The van der Waals surface area contributed by atoms with E-state index in [4.69, 9.17) is 21.7 Å². The molecule has 0 amide bonds. The van der Waals surface area contributed by atoms with Gasteiger partial charge < -0.3 is 40.3 Å². The number of Topliss-reactive ketones (excluding diaryl/α,β-unsaturated/α-hetero) is 2. The number of ketones is 2. The lowest BCUT2D eigenvalue weighted by molar-refractivity contribution is 0.0374. The van der Waals surface area contributed by atoms with E-state index >= 15 is 0 Å². The fourth-order valence-electron chi connectivity index (χ4n) is 4.62. The minimum atomic E-state index is -0.901. The van der Waals surface area contributed by atoms with Crippen LogP contribution in [0.2, 0.25) is 0 Å². The molecule has 34 heavy (non-hydrogen) atoms. The van der Waals surface area contributed by atoms with Crippen molar-refractivity contribution in [1.82, 2.24) is 20.6 Å². The molecule has 184 valence electrons. The second kappa shape index (κ2) is 9.59. The number of H-pyrrole nitrogens is 2. The predicted octanol–water partition coefficient (Wildman–Crippen LogP) is 1.13. The molecule has 6 atom stereocenters. The Kier molecular flexibility index (Phi) is 6.92. The fourth-order valence-corrected chi connectivity index (χ4v) is 4.92. The average molecular weight is 491 g/mol. The van der Waals surface area contributed by atoms with Crippen LogP contribution in [0, 0.1) is 13.8 Å². The maximum Gasteiger partial charge on any atom is 0.167 e. The molecule has 11 heteroatoms. The zero-order valence-corrected chi connectivity index (χ0v) is 20.3. The van der Waals surface area contributed by atoms with Crippen molar-refractivity contribution in [1.29, 1.82) is 0 Å². The van der Waals surface area contributed by atoms with E-state index in [1.54, 1.807) is 26.0 Å². The minimum Gasteiger partial charge on any atom is -0.388 e. The van der Waals surface area contributed by atoms with E-state index in [0.717, 1.165) is 11.4 Å². The zero-order valence-electron chi connectivity index (χ0n) is 19.5. The number of hydrogen-bond acceptors (Lipinski definition) is 7. The maximum absolute atomic E-state index is 11.7. The van der Waals surface area contributed by atoms with Gasteiger partial charge in [-0.3, -0.25) is 9.59 Å². The van der Waals surface area contributed by atoms with Crippen LogP contribution in [0.5, 0.6) is 0 Å². The summed E-state index contributed by atoms with van der Waals surface area (Å²) in [6, 6.07) is 2.45. The van der Waals surface area contributed by atoms with E-state index in [1.807, 2.05) is 0 Å². The topological polar surface area (TPSA) is 149 Å². The van der Waals surface area contributed by atoms with Gasteiger partial charge in [-0.2, -0.15) is 0 Å². The summed E-state index contributed by atoms with van der Waals surface area (Å²) in [7, 11) is 0. The molecule has 6 N–H and O–H groups in total. The number of ether oxygens (including phenoxy) is 2. The number of aliphatic hydroxyl groups is 2. The van der Waals surface area contributed by atoms with E-state index in [-0.39, 0.29) is 29.9 Å². The molecular formula is C23H30N4O6S. The first kappa shape index (κ1) is 24.6. The Balaban J connectivity index is 1.34. The predicted molar refractivity (Wildman–Crippen MR) is 127 cm³/mol. The highest BCUT2D eigenvalue weighted by molar-refractivity contribution is 7.80. The molecule has 2 aromatic rings. The number of rotatable bonds is 6. The van der Waals surface area contributed by atoms with Crippen molar-refractivity contribution in [2.24, 2.45) is 0 Å². The van der Waals surface area contributed by atoms with Crippen LogP contribution >= 0.6 is 12.2 Å². The van der Waals surface area contributed by atoms with Crippen LogP contribution < -0.4 is 10.6 Å². The van der Waals surface area contributed by atoms with Crippen LogP contribution in [0.4, 0.5) is 0 Å². The van der Waals surface area contributed by atoms with Gasteiger partial charge in [0, 0.05) is 33.9 Å². The van der Waals surface area contributed by atoms with E-state index in [0.29, 0.717) is 22.5 Å². The molecule has 0 spiro atoms. The zero-order chi connectivity index (χ0) is 24.7. The third-order valence-electron chi connectivity index (χ3n) is 6.43. The van der Waals surface area contributed by atoms with Crippen molar-refractivity contribution in [3.05, 3.63) is 46.0 Å². The van der Waals surface area contributed by atoms with Gasteiger partial charge in [0.1, 0.15) is 24.4 Å². The third kappa shape index (κ3) is 4.66. The van der Waals surface area contributed by atoms with Crippen molar-refractivity contribution >= 4 is 28.9 Å². The molecule has 0 aliphatic carbocycles. The number of aryl methyl sites for hydroxylation is 2. The van der Waals surface area contributed by atoms with Crippen LogP contribution in [0.15, 0.2) is 12.1 Å². The average Bonchev–Trinajstić information content (AvgIpc) is 3.50. The van der Waals surface area contributed by atoms with Crippen molar-refractivity contribution in [3.63, 3.8) is 0 Å². The van der Waals surface area contributed by atoms with Gasteiger partial charge in [-0.15, -0.1) is 0 Å². The summed E-state index contributed by atoms with van der Waals surface area (Å²) in [6.45, 7) is 7.00. The smallest absolute Gasteiger partial charge is 0.167 e. The first-order valence-corrected chi connectivity index (χ1v) is 11.5. The number of hydrogen-bond donors (Lipinski definition) is 6. The number of aliphatic hydroxyl groups excluding tert-OH is 2. The summed E-state index contributed by atoms with van der Waals surface area (Å²) in [5.41, 5.74) is 3.85. The molecule has 2 aliphatic heterocycles. The molecule has 4 heterocycles. The highest BCUT2D eigenvalue weighted by Gasteiger charge is 2.41. The quantitative estimate of drug-likeness (QED) is 0.259. The van der Waals surface area contributed by atoms with E-state index < -0.39 is 36.5 Å². The van der Waals surface area contributed by atoms with Gasteiger partial charge in [0.2, 0.25) is 0 Å². The Morgan fingerprint density at radius 3 is 1.59 bits per heavy atom. The van der Waals surface area contributed by atoms with Gasteiger partial charge in [0.15, 0.2) is 16.7 Å². The number of nitrogens with one attached hydrogen (secondary N) is 4.